The summed E-state index contributed by atoms with van der Waals surface area (Å²) < 4.78 is 1.70. The van der Waals surface area contributed by atoms with E-state index in [9.17, 15) is 10.1 Å². The minimum atomic E-state index is -0.682. The number of hydrogen-bond donors (Lipinski definition) is 4. The van der Waals surface area contributed by atoms with Crippen LogP contribution < -0.4 is 22.1 Å². The zero-order valence-corrected chi connectivity index (χ0v) is 15.0. The van der Waals surface area contributed by atoms with Gasteiger partial charge in [-0.25, -0.2) is 4.98 Å². The highest BCUT2D eigenvalue weighted by Gasteiger charge is 2.18. The summed E-state index contributed by atoms with van der Waals surface area (Å²) in [6, 6.07) is 8.94. The molecule has 138 valence electrons. The quantitative estimate of drug-likeness (QED) is 0.517. The highest BCUT2D eigenvalue weighted by atomic mass is 16.1. The number of aromatic nitrogens is 3. The second kappa shape index (κ2) is 7.31. The number of hydrogen-bond acceptors (Lipinski definition) is 7. The number of benzene rings is 1. The molecule has 2 heterocycles. The van der Waals surface area contributed by atoms with Crippen LogP contribution in [0.3, 0.4) is 0 Å². The first-order valence-electron chi connectivity index (χ1n) is 8.34. The molecule has 6 N–H and O–H groups in total. The molecular weight excluding hydrogens is 344 g/mol. The van der Waals surface area contributed by atoms with Gasteiger partial charge >= 0.3 is 0 Å². The lowest BCUT2D eigenvalue weighted by atomic mass is 10.1. The van der Waals surface area contributed by atoms with E-state index in [-0.39, 0.29) is 23.0 Å². The molecule has 1 unspecified atom stereocenters. The van der Waals surface area contributed by atoms with Crippen LogP contribution in [0.15, 0.2) is 30.5 Å². The van der Waals surface area contributed by atoms with Crippen molar-refractivity contribution in [3.8, 4) is 6.07 Å². The van der Waals surface area contributed by atoms with Gasteiger partial charge in [0.15, 0.2) is 0 Å². The van der Waals surface area contributed by atoms with Gasteiger partial charge in [0.05, 0.1) is 22.3 Å². The van der Waals surface area contributed by atoms with Gasteiger partial charge in [-0.05, 0) is 25.1 Å². The number of nitrogens with one attached hydrogen (secondary N) is 2. The van der Waals surface area contributed by atoms with Crippen LogP contribution in [0.25, 0.3) is 10.9 Å². The van der Waals surface area contributed by atoms with Crippen LogP contribution in [0.1, 0.15) is 22.8 Å². The van der Waals surface area contributed by atoms with Crippen molar-refractivity contribution in [2.75, 3.05) is 17.2 Å². The zero-order valence-electron chi connectivity index (χ0n) is 15.0. The molecule has 9 heteroatoms. The molecule has 0 bridgehead atoms. The second-order valence-corrected chi connectivity index (χ2v) is 6.20. The summed E-state index contributed by atoms with van der Waals surface area (Å²) in [5, 5.41) is 20.8. The Kier molecular flexibility index (Phi) is 4.92. The van der Waals surface area contributed by atoms with Crippen LogP contribution in [0, 0.1) is 11.3 Å². The molecule has 2 aromatic heterocycles. The number of nitriles is 1. The Labute approximate surface area is 156 Å². The second-order valence-electron chi connectivity index (χ2n) is 6.20. The number of carbonyl (C=O) groups is 1. The molecule has 0 saturated heterocycles. The van der Waals surface area contributed by atoms with Gasteiger partial charge in [-0.1, -0.05) is 6.07 Å². The highest BCUT2D eigenvalue weighted by molar-refractivity contribution is 6.01. The molecule has 27 heavy (non-hydrogen) atoms. The first-order chi connectivity index (χ1) is 12.9. The van der Waals surface area contributed by atoms with Gasteiger partial charge in [0, 0.05) is 31.2 Å². The van der Waals surface area contributed by atoms with Crippen LogP contribution in [-0.2, 0) is 7.05 Å². The molecule has 0 aliphatic rings. The third-order valence-corrected chi connectivity index (χ3v) is 4.06. The maximum Gasteiger partial charge on any atom is 0.252 e. The average Bonchev–Trinajstić information content (AvgIpc) is 3.02. The Balaban J connectivity index is 2.10. The van der Waals surface area contributed by atoms with E-state index >= 15 is 0 Å². The fourth-order valence-electron chi connectivity index (χ4n) is 2.68. The van der Waals surface area contributed by atoms with Gasteiger partial charge in [-0.15, -0.1) is 0 Å². The minimum absolute atomic E-state index is 0.0985. The first-order valence-corrected chi connectivity index (χ1v) is 8.34. The number of pyridine rings is 1. The zero-order chi connectivity index (χ0) is 19.6. The molecular formula is C18H20N8O. The fourth-order valence-corrected chi connectivity index (χ4v) is 2.68. The van der Waals surface area contributed by atoms with Crippen molar-refractivity contribution in [1.82, 2.24) is 14.8 Å². The van der Waals surface area contributed by atoms with E-state index < -0.39 is 5.91 Å². The third-order valence-electron chi connectivity index (χ3n) is 4.06. The molecule has 0 spiro atoms. The summed E-state index contributed by atoms with van der Waals surface area (Å²) in [4.78, 5) is 16.3. The smallest absolute Gasteiger partial charge is 0.252 e. The number of rotatable bonds is 6. The van der Waals surface area contributed by atoms with E-state index in [1.807, 2.05) is 44.4 Å². The minimum Gasteiger partial charge on any atom is -0.365 e. The molecule has 1 atom stereocenters. The van der Waals surface area contributed by atoms with Crippen molar-refractivity contribution in [2.24, 2.45) is 18.5 Å². The number of aryl methyl sites for hydroxylation is 1. The molecule has 1 aromatic carbocycles. The fraction of sp³-hybridized carbons (Fsp3) is 0.222. The summed E-state index contributed by atoms with van der Waals surface area (Å²) in [6.45, 7) is 2.23. The van der Waals surface area contributed by atoms with Crippen LogP contribution in [0.5, 0.6) is 0 Å². The summed E-state index contributed by atoms with van der Waals surface area (Å²) in [6.07, 6.45) is 1.86. The SMILES string of the molecule is CC(CN)Nc1nc(Nc2cccc3nn(C)cc23)c(C(N)=O)cc1C#N. The van der Waals surface area contributed by atoms with Gasteiger partial charge in [0.2, 0.25) is 0 Å². The Morgan fingerprint density at radius 2 is 2.19 bits per heavy atom. The highest BCUT2D eigenvalue weighted by Crippen LogP contribution is 2.28. The molecule has 3 aromatic rings. The Morgan fingerprint density at radius 3 is 2.85 bits per heavy atom. The van der Waals surface area contributed by atoms with Crippen LogP contribution >= 0.6 is 0 Å². The van der Waals surface area contributed by atoms with Crippen molar-refractivity contribution < 1.29 is 4.79 Å². The molecule has 0 radical (unpaired) electrons. The van der Waals surface area contributed by atoms with Crippen LogP contribution in [-0.4, -0.2) is 33.3 Å². The van der Waals surface area contributed by atoms with Crippen LogP contribution in [0.2, 0.25) is 0 Å². The average molecular weight is 364 g/mol. The summed E-state index contributed by atoms with van der Waals surface area (Å²) in [5.74, 6) is -0.0934. The van der Waals surface area contributed by atoms with E-state index in [4.69, 9.17) is 11.5 Å². The van der Waals surface area contributed by atoms with Gasteiger partial charge in [-0.2, -0.15) is 10.4 Å². The number of fused-ring (bicyclic) bond motifs is 1. The molecule has 3 rings (SSSR count). The number of amides is 1. The predicted molar refractivity (Wildman–Crippen MR) is 104 cm³/mol. The molecule has 1 amide bonds. The lowest BCUT2D eigenvalue weighted by Crippen LogP contribution is -2.26. The van der Waals surface area contributed by atoms with Crippen molar-refractivity contribution in [1.29, 1.82) is 5.26 Å². The maximum absolute atomic E-state index is 11.9. The monoisotopic (exact) mass is 364 g/mol. The lowest BCUT2D eigenvalue weighted by Gasteiger charge is -2.17. The maximum atomic E-state index is 11.9. The number of carbonyl (C=O) groups excluding carboxylic acids is 1. The predicted octanol–water partition coefficient (Wildman–Crippen LogP) is 1.44. The Morgan fingerprint density at radius 1 is 1.41 bits per heavy atom. The summed E-state index contributed by atoms with van der Waals surface area (Å²) in [5.41, 5.74) is 13.0. The normalized spacial score (nSPS) is 11.8. The molecule has 9 nitrogen and oxygen atoms in total. The molecule has 0 fully saturated rings. The van der Waals surface area contributed by atoms with E-state index in [0.29, 0.717) is 12.4 Å². The van der Waals surface area contributed by atoms with Gasteiger partial charge < -0.3 is 22.1 Å². The largest absolute Gasteiger partial charge is 0.365 e. The van der Waals surface area contributed by atoms with Crippen molar-refractivity contribution in [2.45, 2.75) is 13.0 Å². The number of primary amides is 1. The standard InChI is InChI=1S/C18H20N8O/c1-10(7-19)22-17-11(8-20)6-12(16(21)27)18(24-17)23-14-4-3-5-15-13(14)9-26(2)25-15/h3-6,9-10H,7,19H2,1-2H3,(H2,21,27)(H2,22,23,24). The van der Waals surface area contributed by atoms with E-state index in [2.05, 4.69) is 20.7 Å². The molecule has 0 aliphatic carbocycles. The molecule has 0 saturated carbocycles. The van der Waals surface area contributed by atoms with E-state index in [1.54, 1.807) is 4.68 Å². The van der Waals surface area contributed by atoms with E-state index in [0.717, 1.165) is 16.6 Å². The van der Waals surface area contributed by atoms with Crippen molar-refractivity contribution >= 4 is 34.1 Å². The third kappa shape index (κ3) is 3.65. The summed E-state index contributed by atoms with van der Waals surface area (Å²) >= 11 is 0. The first kappa shape index (κ1) is 18.2. The van der Waals surface area contributed by atoms with Gasteiger partial charge in [-0.3, -0.25) is 9.48 Å². The number of nitrogens with two attached hydrogens (primary N) is 2. The number of nitrogens with zero attached hydrogens (tertiary/aromatic N) is 4. The number of anilines is 3. The van der Waals surface area contributed by atoms with Crippen LogP contribution in [0.4, 0.5) is 17.3 Å². The lowest BCUT2D eigenvalue weighted by molar-refractivity contribution is 0.100. The van der Waals surface area contributed by atoms with E-state index in [1.165, 1.54) is 6.07 Å². The Hall–Kier alpha value is -3.64. The van der Waals surface area contributed by atoms with Crippen molar-refractivity contribution in [3.05, 3.63) is 41.6 Å². The molecule has 0 aliphatic heterocycles. The van der Waals surface area contributed by atoms with Gasteiger partial charge in [0.1, 0.15) is 17.7 Å². The van der Waals surface area contributed by atoms with Gasteiger partial charge in [0.25, 0.3) is 5.91 Å². The topological polar surface area (TPSA) is 148 Å². The summed E-state index contributed by atoms with van der Waals surface area (Å²) in [7, 11) is 1.83. The Bertz CT molecular complexity index is 1050. The van der Waals surface area contributed by atoms with Crippen molar-refractivity contribution in [3.63, 3.8) is 0 Å².